The standard InChI is InChI=1S/C15H27N3O2/c1-12-11-20-9-8-18(12)7-6-17-14(19)13-10-15(13)2-4-16-5-3-15/h12-13,16H,2-11H2,1H3,(H,17,19). The Morgan fingerprint density at radius 1 is 1.45 bits per heavy atom. The molecule has 5 heteroatoms. The third-order valence-corrected chi connectivity index (χ3v) is 5.31. The van der Waals surface area contributed by atoms with E-state index in [0.29, 0.717) is 11.5 Å². The molecule has 1 saturated carbocycles. The van der Waals surface area contributed by atoms with Gasteiger partial charge in [-0.3, -0.25) is 9.69 Å². The first-order chi connectivity index (χ1) is 9.71. The van der Waals surface area contributed by atoms with Crippen LogP contribution < -0.4 is 10.6 Å². The summed E-state index contributed by atoms with van der Waals surface area (Å²) >= 11 is 0. The number of rotatable bonds is 4. The highest BCUT2D eigenvalue weighted by Gasteiger charge is 2.57. The third kappa shape index (κ3) is 3.00. The molecule has 0 aromatic rings. The molecule has 1 amide bonds. The third-order valence-electron chi connectivity index (χ3n) is 5.31. The maximum atomic E-state index is 12.2. The Hall–Kier alpha value is -0.650. The molecular weight excluding hydrogens is 254 g/mol. The summed E-state index contributed by atoms with van der Waals surface area (Å²) in [6.07, 6.45) is 3.45. The first-order valence-corrected chi connectivity index (χ1v) is 8.01. The van der Waals surface area contributed by atoms with Crippen LogP contribution in [0.1, 0.15) is 26.2 Å². The average Bonchev–Trinajstić information content (AvgIpc) is 3.15. The second-order valence-corrected chi connectivity index (χ2v) is 6.62. The fourth-order valence-electron chi connectivity index (χ4n) is 3.74. The summed E-state index contributed by atoms with van der Waals surface area (Å²) in [6, 6.07) is 0.470. The molecule has 2 atom stereocenters. The Morgan fingerprint density at radius 2 is 2.25 bits per heavy atom. The topological polar surface area (TPSA) is 53.6 Å². The highest BCUT2D eigenvalue weighted by Crippen LogP contribution is 2.58. The molecule has 0 radical (unpaired) electrons. The van der Waals surface area contributed by atoms with Crippen LogP contribution in [0.5, 0.6) is 0 Å². The van der Waals surface area contributed by atoms with Gasteiger partial charge in [0.05, 0.1) is 13.2 Å². The molecular formula is C15H27N3O2. The molecule has 1 spiro atoms. The lowest BCUT2D eigenvalue weighted by Gasteiger charge is -2.33. The number of nitrogens with one attached hydrogen (secondary N) is 2. The van der Waals surface area contributed by atoms with Gasteiger partial charge in [-0.1, -0.05) is 0 Å². The molecule has 3 aliphatic rings. The SMILES string of the molecule is CC1COCCN1CCNC(=O)C1CC12CCNCC2. The van der Waals surface area contributed by atoms with Crippen LogP contribution in [0.25, 0.3) is 0 Å². The molecule has 2 saturated heterocycles. The highest BCUT2D eigenvalue weighted by molar-refractivity contribution is 5.82. The number of ether oxygens (including phenoxy) is 1. The van der Waals surface area contributed by atoms with Crippen LogP contribution in [-0.2, 0) is 9.53 Å². The summed E-state index contributed by atoms with van der Waals surface area (Å²) < 4.78 is 5.43. The molecule has 0 aromatic heterocycles. The number of nitrogens with zero attached hydrogens (tertiary/aromatic N) is 1. The number of morpholine rings is 1. The fraction of sp³-hybridized carbons (Fsp3) is 0.933. The van der Waals surface area contributed by atoms with E-state index >= 15 is 0 Å². The first-order valence-electron chi connectivity index (χ1n) is 8.01. The zero-order chi connectivity index (χ0) is 14.0. The van der Waals surface area contributed by atoms with Crippen molar-refractivity contribution in [2.24, 2.45) is 11.3 Å². The minimum atomic E-state index is 0.284. The second kappa shape index (κ2) is 6.00. The van der Waals surface area contributed by atoms with E-state index in [4.69, 9.17) is 4.74 Å². The fourth-order valence-corrected chi connectivity index (χ4v) is 3.74. The smallest absolute Gasteiger partial charge is 0.223 e. The second-order valence-electron chi connectivity index (χ2n) is 6.62. The van der Waals surface area contributed by atoms with Crippen molar-refractivity contribution in [1.29, 1.82) is 0 Å². The van der Waals surface area contributed by atoms with Crippen molar-refractivity contribution in [3.63, 3.8) is 0 Å². The molecule has 2 N–H and O–H groups in total. The summed E-state index contributed by atoms with van der Waals surface area (Å²) in [5, 5.41) is 6.52. The lowest BCUT2D eigenvalue weighted by molar-refractivity contribution is -0.123. The molecule has 0 aromatic carbocycles. The summed E-state index contributed by atoms with van der Waals surface area (Å²) in [5.74, 6) is 0.569. The minimum absolute atomic E-state index is 0.284. The molecule has 3 fully saturated rings. The van der Waals surface area contributed by atoms with Crippen molar-refractivity contribution < 1.29 is 9.53 Å². The van der Waals surface area contributed by atoms with Crippen molar-refractivity contribution in [1.82, 2.24) is 15.5 Å². The zero-order valence-electron chi connectivity index (χ0n) is 12.5. The van der Waals surface area contributed by atoms with Crippen molar-refractivity contribution in [2.75, 3.05) is 45.9 Å². The van der Waals surface area contributed by atoms with Crippen LogP contribution in [0.15, 0.2) is 0 Å². The van der Waals surface area contributed by atoms with Crippen molar-refractivity contribution in [3.8, 4) is 0 Å². The van der Waals surface area contributed by atoms with Gasteiger partial charge in [-0.25, -0.2) is 0 Å². The molecule has 5 nitrogen and oxygen atoms in total. The van der Waals surface area contributed by atoms with Crippen LogP contribution >= 0.6 is 0 Å². The van der Waals surface area contributed by atoms with Gasteiger partial charge in [0.1, 0.15) is 0 Å². The molecule has 20 heavy (non-hydrogen) atoms. The van der Waals surface area contributed by atoms with E-state index < -0.39 is 0 Å². The zero-order valence-corrected chi connectivity index (χ0v) is 12.5. The van der Waals surface area contributed by atoms with Gasteiger partial charge in [0, 0.05) is 31.6 Å². The molecule has 114 valence electrons. The van der Waals surface area contributed by atoms with Gasteiger partial charge in [-0.2, -0.15) is 0 Å². The van der Waals surface area contributed by atoms with Crippen LogP contribution in [0.2, 0.25) is 0 Å². The average molecular weight is 281 g/mol. The van der Waals surface area contributed by atoms with Crippen LogP contribution in [0, 0.1) is 11.3 Å². The van der Waals surface area contributed by atoms with Crippen molar-refractivity contribution in [2.45, 2.75) is 32.2 Å². The molecule has 3 rings (SSSR count). The Kier molecular flexibility index (Phi) is 4.29. The van der Waals surface area contributed by atoms with Gasteiger partial charge < -0.3 is 15.4 Å². The normalized spacial score (nSPS) is 33.0. The van der Waals surface area contributed by atoms with E-state index in [1.807, 2.05) is 0 Å². The van der Waals surface area contributed by atoms with E-state index in [0.717, 1.165) is 52.4 Å². The van der Waals surface area contributed by atoms with E-state index in [1.54, 1.807) is 0 Å². The van der Waals surface area contributed by atoms with E-state index in [1.165, 1.54) is 12.8 Å². The van der Waals surface area contributed by atoms with Crippen molar-refractivity contribution in [3.05, 3.63) is 0 Å². The van der Waals surface area contributed by atoms with Crippen LogP contribution in [0.3, 0.4) is 0 Å². The quantitative estimate of drug-likeness (QED) is 0.774. The lowest BCUT2D eigenvalue weighted by atomic mass is 9.92. The van der Waals surface area contributed by atoms with Gasteiger partial charge in [-0.15, -0.1) is 0 Å². The highest BCUT2D eigenvalue weighted by atomic mass is 16.5. The predicted octanol–water partition coefficient (Wildman–Crippen LogP) is 0.213. The number of carbonyl (C=O) groups is 1. The number of hydrogen-bond donors (Lipinski definition) is 2. The summed E-state index contributed by atoms with van der Waals surface area (Å²) in [7, 11) is 0. The number of hydrogen-bond acceptors (Lipinski definition) is 4. The first kappa shape index (κ1) is 14.3. The van der Waals surface area contributed by atoms with E-state index in [2.05, 4.69) is 22.5 Å². The van der Waals surface area contributed by atoms with E-state index in [-0.39, 0.29) is 11.8 Å². The van der Waals surface area contributed by atoms with E-state index in [9.17, 15) is 4.79 Å². The minimum Gasteiger partial charge on any atom is -0.379 e. The Balaban J connectivity index is 1.37. The lowest BCUT2D eigenvalue weighted by Crippen LogP contribution is -2.47. The largest absolute Gasteiger partial charge is 0.379 e. The van der Waals surface area contributed by atoms with Gasteiger partial charge in [0.2, 0.25) is 5.91 Å². The van der Waals surface area contributed by atoms with Crippen molar-refractivity contribution >= 4 is 5.91 Å². The summed E-state index contributed by atoms with van der Waals surface area (Å²) in [5.41, 5.74) is 0.349. The number of carbonyl (C=O) groups excluding carboxylic acids is 1. The Morgan fingerprint density at radius 3 is 3.00 bits per heavy atom. The Labute approximate surface area is 121 Å². The van der Waals surface area contributed by atoms with Gasteiger partial charge in [0.15, 0.2) is 0 Å². The van der Waals surface area contributed by atoms with Crippen LogP contribution in [-0.4, -0.2) is 62.8 Å². The molecule has 2 unspecified atom stereocenters. The number of amides is 1. The maximum Gasteiger partial charge on any atom is 0.223 e. The molecule has 1 aliphatic carbocycles. The van der Waals surface area contributed by atoms with Crippen LogP contribution in [0.4, 0.5) is 0 Å². The molecule has 2 aliphatic heterocycles. The summed E-state index contributed by atoms with van der Waals surface area (Å²) in [4.78, 5) is 14.6. The van der Waals surface area contributed by atoms with Gasteiger partial charge in [0.25, 0.3) is 0 Å². The molecule has 2 heterocycles. The molecule has 0 bridgehead atoms. The predicted molar refractivity (Wildman–Crippen MR) is 77.5 cm³/mol. The van der Waals surface area contributed by atoms with Gasteiger partial charge in [-0.05, 0) is 44.7 Å². The number of piperidine rings is 1. The van der Waals surface area contributed by atoms with Gasteiger partial charge >= 0.3 is 0 Å². The Bertz CT molecular complexity index is 355. The monoisotopic (exact) mass is 281 g/mol. The summed E-state index contributed by atoms with van der Waals surface area (Å²) in [6.45, 7) is 8.67. The maximum absolute atomic E-state index is 12.2.